The number of amides is 2. The van der Waals surface area contributed by atoms with Gasteiger partial charge in [0, 0.05) is 35.6 Å². The highest BCUT2D eigenvalue weighted by molar-refractivity contribution is 6.14. The summed E-state index contributed by atoms with van der Waals surface area (Å²) in [6.45, 7) is 4.40. The average molecular weight is 402 g/mol. The molecule has 0 saturated heterocycles. The summed E-state index contributed by atoms with van der Waals surface area (Å²) in [6, 6.07) is 0.573. The van der Waals surface area contributed by atoms with Crippen LogP contribution in [0.5, 0.6) is 11.5 Å². The Balaban J connectivity index is 1.91. The first-order valence-electron chi connectivity index (χ1n) is 9.14. The van der Waals surface area contributed by atoms with Crippen molar-refractivity contribution in [1.29, 1.82) is 0 Å². The number of pyridine rings is 1. The molecule has 0 atom stereocenters. The summed E-state index contributed by atoms with van der Waals surface area (Å²) in [7, 11) is 2.53. The Morgan fingerprint density at radius 3 is 2.38 bits per heavy atom. The van der Waals surface area contributed by atoms with Crippen LogP contribution in [0.4, 0.5) is 25.0 Å². The fourth-order valence-electron chi connectivity index (χ4n) is 3.83. The predicted molar refractivity (Wildman–Crippen MR) is 104 cm³/mol. The van der Waals surface area contributed by atoms with Crippen molar-refractivity contribution in [3.63, 3.8) is 0 Å². The van der Waals surface area contributed by atoms with Crippen LogP contribution in [-0.2, 0) is 13.1 Å². The van der Waals surface area contributed by atoms with Gasteiger partial charge in [-0.3, -0.25) is 19.8 Å². The molecule has 7 nitrogen and oxygen atoms in total. The lowest BCUT2D eigenvalue weighted by Gasteiger charge is -2.38. The largest absolute Gasteiger partial charge is 0.493 e. The Morgan fingerprint density at radius 2 is 1.79 bits per heavy atom. The number of hydrogen-bond acceptors (Lipinski definition) is 5. The molecular weight excluding hydrogens is 382 g/mol. The van der Waals surface area contributed by atoms with Crippen LogP contribution >= 0.6 is 0 Å². The molecule has 1 aromatic carbocycles. The average Bonchev–Trinajstić information content (AvgIpc) is 3.10. The van der Waals surface area contributed by atoms with Crippen molar-refractivity contribution in [3.05, 3.63) is 40.7 Å². The molecule has 0 N–H and O–H groups in total. The van der Waals surface area contributed by atoms with E-state index < -0.39 is 23.4 Å². The van der Waals surface area contributed by atoms with E-state index in [0.29, 0.717) is 24.3 Å². The number of carbonyl (C=O) groups excluding carboxylic acids is 1. The summed E-state index contributed by atoms with van der Waals surface area (Å²) >= 11 is 0. The molecule has 0 saturated carbocycles. The molecule has 0 radical (unpaired) electrons. The molecule has 2 aromatic rings. The van der Waals surface area contributed by atoms with Crippen LogP contribution in [-0.4, -0.2) is 37.5 Å². The fraction of sp³-hybridized carbons (Fsp3) is 0.350. The summed E-state index contributed by atoms with van der Waals surface area (Å²) in [5.41, 5.74) is 3.28. The summed E-state index contributed by atoms with van der Waals surface area (Å²) in [5, 5.41) is 0. The second-order valence-electron chi connectivity index (χ2n) is 6.73. The number of methoxy groups -OCH3 is 2. The lowest BCUT2D eigenvalue weighted by atomic mass is 10.0. The molecule has 1 aromatic heterocycles. The lowest BCUT2D eigenvalue weighted by Crippen LogP contribution is -2.48. The molecule has 0 fully saturated rings. The summed E-state index contributed by atoms with van der Waals surface area (Å²) < 4.78 is 40.1. The topological polar surface area (TPSA) is 67.3 Å². The lowest BCUT2D eigenvalue weighted by molar-refractivity contribution is 0.249. The van der Waals surface area contributed by atoms with Gasteiger partial charge in [0.1, 0.15) is 5.69 Å². The fourth-order valence-corrected chi connectivity index (χ4v) is 3.83. The zero-order valence-corrected chi connectivity index (χ0v) is 16.5. The third kappa shape index (κ3) is 2.72. The molecule has 0 bridgehead atoms. The smallest absolute Gasteiger partial charge is 0.329 e. The molecular formula is C20H20F2N4O3. The number of halogens is 2. The Labute approximate surface area is 166 Å². The highest BCUT2D eigenvalue weighted by Gasteiger charge is 2.38. The standard InChI is InChI=1S/C20H20F2N4O3/c1-5-25-18-11(7-24-12-8-23-10(2)15(12)18)9-26(20(25)27)19-16(21)13(28-3)6-14(29-4)17(19)22/h6-7H,5,8-9H2,1-4H3. The minimum Gasteiger partial charge on any atom is -0.493 e. The van der Waals surface area contributed by atoms with Crippen LogP contribution in [0.25, 0.3) is 0 Å². The minimum absolute atomic E-state index is 0.0393. The van der Waals surface area contributed by atoms with Gasteiger partial charge >= 0.3 is 6.03 Å². The number of rotatable bonds is 4. The van der Waals surface area contributed by atoms with E-state index in [9.17, 15) is 4.79 Å². The third-order valence-corrected chi connectivity index (χ3v) is 5.23. The van der Waals surface area contributed by atoms with Crippen molar-refractivity contribution in [2.75, 3.05) is 30.6 Å². The van der Waals surface area contributed by atoms with Crippen molar-refractivity contribution in [2.45, 2.75) is 26.9 Å². The molecule has 9 heteroatoms. The van der Waals surface area contributed by atoms with E-state index in [2.05, 4.69) is 9.98 Å². The molecule has 2 aliphatic rings. The van der Waals surface area contributed by atoms with E-state index in [4.69, 9.17) is 9.47 Å². The maximum Gasteiger partial charge on any atom is 0.329 e. The van der Waals surface area contributed by atoms with Crippen LogP contribution in [0.2, 0.25) is 0 Å². The SMILES string of the molecule is CCN1C(=O)N(c2c(F)c(OC)cc(OC)c2F)Cc2cnc3c(c21)C(C)=NC3. The Morgan fingerprint density at radius 1 is 1.14 bits per heavy atom. The number of anilines is 2. The van der Waals surface area contributed by atoms with Crippen molar-refractivity contribution in [3.8, 4) is 11.5 Å². The van der Waals surface area contributed by atoms with Gasteiger partial charge < -0.3 is 9.47 Å². The van der Waals surface area contributed by atoms with Crippen LogP contribution in [0.3, 0.4) is 0 Å². The highest BCUT2D eigenvalue weighted by Crippen LogP contribution is 2.42. The molecule has 152 valence electrons. The first-order chi connectivity index (χ1) is 13.9. The van der Waals surface area contributed by atoms with E-state index in [1.54, 1.807) is 13.1 Å². The molecule has 0 unspecified atom stereocenters. The number of urea groups is 1. The van der Waals surface area contributed by atoms with E-state index in [0.717, 1.165) is 27.9 Å². The van der Waals surface area contributed by atoms with Gasteiger partial charge in [-0.2, -0.15) is 0 Å². The first kappa shape index (κ1) is 19.1. The van der Waals surface area contributed by atoms with Gasteiger partial charge in [-0.15, -0.1) is 0 Å². The number of ether oxygens (including phenoxy) is 2. The van der Waals surface area contributed by atoms with Crippen LogP contribution in [0.1, 0.15) is 30.7 Å². The summed E-state index contributed by atoms with van der Waals surface area (Å²) in [6.07, 6.45) is 1.64. The van der Waals surface area contributed by atoms with Gasteiger partial charge in [0.25, 0.3) is 0 Å². The Kier molecular flexibility index (Phi) is 4.60. The number of hydrogen-bond donors (Lipinski definition) is 0. The summed E-state index contributed by atoms with van der Waals surface area (Å²) in [5.74, 6) is -2.36. The molecule has 2 aliphatic heterocycles. The van der Waals surface area contributed by atoms with Crippen molar-refractivity contribution < 1.29 is 23.0 Å². The Bertz CT molecular complexity index is 1030. The van der Waals surface area contributed by atoms with Gasteiger partial charge in [-0.05, 0) is 13.8 Å². The Hall–Kier alpha value is -3.23. The zero-order chi connectivity index (χ0) is 20.9. The number of aromatic nitrogens is 1. The second kappa shape index (κ2) is 6.98. The van der Waals surface area contributed by atoms with Gasteiger partial charge in [0.15, 0.2) is 23.1 Å². The molecule has 29 heavy (non-hydrogen) atoms. The first-order valence-corrected chi connectivity index (χ1v) is 9.14. The van der Waals surface area contributed by atoms with Crippen LogP contribution in [0.15, 0.2) is 17.3 Å². The molecule has 0 spiro atoms. The van der Waals surface area contributed by atoms with Crippen molar-refractivity contribution >= 4 is 23.1 Å². The minimum atomic E-state index is -0.967. The number of benzene rings is 1. The normalized spacial score (nSPS) is 15.2. The van der Waals surface area contributed by atoms with Gasteiger partial charge in [0.2, 0.25) is 0 Å². The number of fused-ring (bicyclic) bond motifs is 3. The van der Waals surface area contributed by atoms with Gasteiger partial charge in [-0.1, -0.05) is 0 Å². The van der Waals surface area contributed by atoms with Crippen LogP contribution < -0.4 is 19.3 Å². The zero-order valence-electron chi connectivity index (χ0n) is 16.5. The summed E-state index contributed by atoms with van der Waals surface area (Å²) in [4.78, 5) is 24.7. The molecule has 2 amide bonds. The van der Waals surface area contributed by atoms with Gasteiger partial charge in [-0.25, -0.2) is 13.6 Å². The monoisotopic (exact) mass is 402 g/mol. The predicted octanol–water partition coefficient (Wildman–Crippen LogP) is 3.67. The second-order valence-corrected chi connectivity index (χ2v) is 6.73. The van der Waals surface area contributed by atoms with E-state index >= 15 is 8.78 Å². The molecule has 3 heterocycles. The van der Waals surface area contributed by atoms with Crippen molar-refractivity contribution in [1.82, 2.24) is 4.98 Å². The maximum atomic E-state index is 15.0. The molecule has 0 aliphatic carbocycles. The third-order valence-electron chi connectivity index (χ3n) is 5.23. The maximum absolute atomic E-state index is 15.0. The number of nitrogens with zero attached hydrogens (tertiary/aromatic N) is 4. The van der Waals surface area contributed by atoms with Crippen molar-refractivity contribution in [2.24, 2.45) is 4.99 Å². The number of carbonyl (C=O) groups is 1. The highest BCUT2D eigenvalue weighted by atomic mass is 19.1. The van der Waals surface area contributed by atoms with E-state index in [1.807, 2.05) is 6.92 Å². The van der Waals surface area contributed by atoms with Gasteiger partial charge in [0.05, 0.1) is 38.7 Å². The quantitative estimate of drug-likeness (QED) is 0.783. The number of aliphatic imine (C=N–C) groups is 1. The van der Waals surface area contributed by atoms with Crippen LogP contribution in [0, 0.1) is 11.6 Å². The van der Waals surface area contributed by atoms with E-state index in [1.165, 1.54) is 19.1 Å². The van der Waals surface area contributed by atoms with E-state index in [-0.39, 0.29) is 18.0 Å². The molecule has 4 rings (SSSR count).